The van der Waals surface area contributed by atoms with Gasteiger partial charge in [0.15, 0.2) is 0 Å². The van der Waals surface area contributed by atoms with Gasteiger partial charge in [0.25, 0.3) is 0 Å². The van der Waals surface area contributed by atoms with Gasteiger partial charge in [0.05, 0.1) is 0 Å². The van der Waals surface area contributed by atoms with E-state index in [0.717, 1.165) is 25.6 Å². The van der Waals surface area contributed by atoms with Crippen molar-refractivity contribution >= 4 is 5.69 Å². The van der Waals surface area contributed by atoms with Crippen molar-refractivity contribution in [2.45, 2.75) is 25.8 Å². The van der Waals surface area contributed by atoms with E-state index in [1.54, 1.807) is 0 Å². The van der Waals surface area contributed by atoms with Crippen LogP contribution in [0.25, 0.3) is 0 Å². The average molecular weight is 273 g/mol. The quantitative estimate of drug-likeness (QED) is 0.893. The number of piperidine rings is 1. The van der Waals surface area contributed by atoms with Gasteiger partial charge in [-0.1, -0.05) is 19.1 Å². The molecular formula is C17H27N3. The molecule has 2 aliphatic heterocycles. The number of hydrogen-bond acceptors (Lipinski definition) is 3. The van der Waals surface area contributed by atoms with Crippen LogP contribution in [0.15, 0.2) is 24.3 Å². The van der Waals surface area contributed by atoms with Gasteiger partial charge in [0.2, 0.25) is 0 Å². The minimum absolute atomic E-state index is 0.563. The van der Waals surface area contributed by atoms with Crippen LogP contribution in [0, 0.1) is 5.92 Å². The summed E-state index contributed by atoms with van der Waals surface area (Å²) in [5, 5.41) is 3.67. The maximum absolute atomic E-state index is 3.67. The molecule has 2 aliphatic rings. The molecule has 0 spiro atoms. The lowest BCUT2D eigenvalue weighted by Gasteiger charge is -2.34. The van der Waals surface area contributed by atoms with Crippen LogP contribution >= 0.6 is 0 Å². The lowest BCUT2D eigenvalue weighted by Crippen LogP contribution is -2.44. The molecule has 1 aromatic rings. The van der Waals surface area contributed by atoms with E-state index in [-0.39, 0.29) is 0 Å². The number of nitrogens with zero attached hydrogens (tertiary/aromatic N) is 2. The smallest absolute Gasteiger partial charge is 0.0367 e. The fourth-order valence-corrected chi connectivity index (χ4v) is 3.27. The third kappa shape index (κ3) is 3.15. The zero-order chi connectivity index (χ0) is 13.9. The fourth-order valence-electron chi connectivity index (χ4n) is 3.27. The molecule has 0 aromatic heterocycles. The van der Waals surface area contributed by atoms with E-state index in [1.165, 1.54) is 37.2 Å². The summed E-state index contributed by atoms with van der Waals surface area (Å²) in [6, 6.07) is 9.82. The van der Waals surface area contributed by atoms with E-state index in [4.69, 9.17) is 0 Å². The second-order valence-corrected chi connectivity index (χ2v) is 6.53. The van der Waals surface area contributed by atoms with E-state index in [0.29, 0.717) is 6.04 Å². The normalized spacial score (nSPS) is 28.6. The first kappa shape index (κ1) is 13.9. The van der Waals surface area contributed by atoms with Crippen molar-refractivity contribution < 1.29 is 0 Å². The van der Waals surface area contributed by atoms with Gasteiger partial charge >= 0.3 is 0 Å². The van der Waals surface area contributed by atoms with Crippen molar-refractivity contribution in [1.29, 1.82) is 0 Å². The molecule has 0 radical (unpaired) electrons. The molecule has 20 heavy (non-hydrogen) atoms. The van der Waals surface area contributed by atoms with E-state index >= 15 is 0 Å². The fraction of sp³-hybridized carbons (Fsp3) is 0.647. The molecule has 110 valence electrons. The molecule has 0 amide bonds. The molecule has 3 rings (SSSR count). The predicted molar refractivity (Wildman–Crippen MR) is 85.3 cm³/mol. The van der Waals surface area contributed by atoms with E-state index in [1.807, 2.05) is 0 Å². The van der Waals surface area contributed by atoms with Crippen LogP contribution in [-0.2, 0) is 0 Å². The molecule has 2 atom stereocenters. The third-order valence-electron chi connectivity index (χ3n) is 4.82. The van der Waals surface area contributed by atoms with Crippen LogP contribution < -0.4 is 10.2 Å². The Bertz CT molecular complexity index is 371. The van der Waals surface area contributed by atoms with E-state index < -0.39 is 0 Å². The number of piperazine rings is 1. The standard InChI is InChI=1S/C17H27N3/c1-14-3-8-17(18-13-14)15-4-6-16(7-5-15)20-11-9-19(2)10-12-20/h4-7,14,17-18H,3,8-13H2,1-2H3/t14-,17+/m0/s1. The zero-order valence-electron chi connectivity index (χ0n) is 12.8. The molecule has 2 fully saturated rings. The monoisotopic (exact) mass is 273 g/mol. The molecule has 0 aliphatic carbocycles. The summed E-state index contributed by atoms with van der Waals surface area (Å²) >= 11 is 0. The molecule has 3 heteroatoms. The van der Waals surface area contributed by atoms with Gasteiger partial charge in [-0.05, 0) is 50.0 Å². The maximum Gasteiger partial charge on any atom is 0.0367 e. The summed E-state index contributed by atoms with van der Waals surface area (Å²) in [4.78, 5) is 4.90. The lowest BCUT2D eigenvalue weighted by molar-refractivity contribution is 0.313. The molecule has 3 nitrogen and oxygen atoms in total. The minimum atomic E-state index is 0.563. The molecule has 1 aromatic carbocycles. The Kier molecular flexibility index (Phi) is 4.27. The highest BCUT2D eigenvalue weighted by molar-refractivity contribution is 5.48. The molecule has 0 saturated carbocycles. The van der Waals surface area contributed by atoms with Crippen LogP contribution in [-0.4, -0.2) is 44.7 Å². The van der Waals surface area contributed by atoms with Gasteiger partial charge in [-0.3, -0.25) is 0 Å². The zero-order valence-corrected chi connectivity index (χ0v) is 12.8. The van der Waals surface area contributed by atoms with Crippen molar-refractivity contribution in [3.8, 4) is 0 Å². The number of likely N-dealkylation sites (N-methyl/N-ethyl adjacent to an activating group) is 1. The van der Waals surface area contributed by atoms with Gasteiger partial charge in [0.1, 0.15) is 0 Å². The van der Waals surface area contributed by atoms with Gasteiger partial charge in [-0.2, -0.15) is 0 Å². The highest BCUT2D eigenvalue weighted by atomic mass is 15.2. The summed E-state index contributed by atoms with van der Waals surface area (Å²) < 4.78 is 0. The summed E-state index contributed by atoms with van der Waals surface area (Å²) in [7, 11) is 2.20. The van der Waals surface area contributed by atoms with Crippen LogP contribution in [0.5, 0.6) is 0 Å². The molecule has 0 bridgehead atoms. The number of hydrogen-bond donors (Lipinski definition) is 1. The number of rotatable bonds is 2. The van der Waals surface area contributed by atoms with Gasteiger partial charge in [-0.15, -0.1) is 0 Å². The van der Waals surface area contributed by atoms with Crippen LogP contribution in [0.3, 0.4) is 0 Å². The Morgan fingerprint density at radius 3 is 2.30 bits per heavy atom. The largest absolute Gasteiger partial charge is 0.369 e. The average Bonchev–Trinajstić information content (AvgIpc) is 2.49. The topological polar surface area (TPSA) is 18.5 Å². The minimum Gasteiger partial charge on any atom is -0.369 e. The predicted octanol–water partition coefficient (Wildman–Crippen LogP) is 2.50. The first-order valence-corrected chi connectivity index (χ1v) is 7.99. The first-order chi connectivity index (χ1) is 9.72. The van der Waals surface area contributed by atoms with Crippen molar-refractivity contribution in [3.05, 3.63) is 29.8 Å². The molecular weight excluding hydrogens is 246 g/mol. The Balaban J connectivity index is 1.62. The van der Waals surface area contributed by atoms with Gasteiger partial charge < -0.3 is 15.1 Å². The van der Waals surface area contributed by atoms with Gasteiger partial charge in [0, 0.05) is 37.9 Å². The van der Waals surface area contributed by atoms with Crippen molar-refractivity contribution in [2.24, 2.45) is 5.92 Å². The van der Waals surface area contributed by atoms with Crippen LogP contribution in [0.1, 0.15) is 31.4 Å². The summed E-state index contributed by atoms with van der Waals surface area (Å²) in [6.07, 6.45) is 2.62. The summed E-state index contributed by atoms with van der Waals surface area (Å²) in [5.41, 5.74) is 2.83. The highest BCUT2D eigenvalue weighted by Crippen LogP contribution is 2.27. The third-order valence-corrected chi connectivity index (χ3v) is 4.82. The second-order valence-electron chi connectivity index (χ2n) is 6.53. The second kappa shape index (κ2) is 6.15. The number of anilines is 1. The first-order valence-electron chi connectivity index (χ1n) is 7.99. The Morgan fingerprint density at radius 2 is 1.70 bits per heavy atom. The lowest BCUT2D eigenvalue weighted by atomic mass is 9.92. The van der Waals surface area contributed by atoms with Crippen molar-refractivity contribution in [1.82, 2.24) is 10.2 Å². The molecule has 1 N–H and O–H groups in total. The Morgan fingerprint density at radius 1 is 1.00 bits per heavy atom. The van der Waals surface area contributed by atoms with Crippen LogP contribution in [0.2, 0.25) is 0 Å². The number of nitrogens with one attached hydrogen (secondary N) is 1. The van der Waals surface area contributed by atoms with Crippen LogP contribution in [0.4, 0.5) is 5.69 Å². The summed E-state index contributed by atoms with van der Waals surface area (Å²) in [6.45, 7) is 8.13. The van der Waals surface area contributed by atoms with E-state index in [9.17, 15) is 0 Å². The molecule has 0 unspecified atom stereocenters. The van der Waals surface area contributed by atoms with E-state index in [2.05, 4.69) is 53.4 Å². The Labute approximate surface area is 123 Å². The number of benzene rings is 1. The van der Waals surface area contributed by atoms with Crippen molar-refractivity contribution in [3.63, 3.8) is 0 Å². The molecule has 2 saturated heterocycles. The Hall–Kier alpha value is -1.06. The van der Waals surface area contributed by atoms with Gasteiger partial charge in [-0.25, -0.2) is 0 Å². The van der Waals surface area contributed by atoms with Crippen molar-refractivity contribution in [2.75, 3.05) is 44.7 Å². The SMILES string of the molecule is C[C@H]1CC[C@H](c2ccc(N3CCN(C)CC3)cc2)NC1. The maximum atomic E-state index is 3.67. The summed E-state index contributed by atoms with van der Waals surface area (Å²) in [5.74, 6) is 0.830. The molecule has 2 heterocycles. The highest BCUT2D eigenvalue weighted by Gasteiger charge is 2.19.